The van der Waals surface area contributed by atoms with Crippen molar-refractivity contribution in [1.29, 1.82) is 0 Å². The van der Waals surface area contributed by atoms with E-state index < -0.39 is 28.7 Å². The third kappa shape index (κ3) is 6.50. The fourth-order valence-electron chi connectivity index (χ4n) is 4.52. The molecule has 0 aliphatic carbocycles. The van der Waals surface area contributed by atoms with Crippen LogP contribution in [-0.4, -0.2) is 88.5 Å². The summed E-state index contributed by atoms with van der Waals surface area (Å²) in [5.74, 6) is -1.39. The summed E-state index contributed by atoms with van der Waals surface area (Å²) in [7, 11) is 1.48. The average molecular weight is 582 g/mol. The number of esters is 1. The van der Waals surface area contributed by atoms with Crippen LogP contribution >= 0.6 is 11.6 Å². The van der Waals surface area contributed by atoms with E-state index in [1.54, 1.807) is 26.0 Å². The Morgan fingerprint density at radius 1 is 1.07 bits per heavy atom. The fraction of sp³-hybridized carbons (Fsp3) is 0.321. The van der Waals surface area contributed by atoms with Gasteiger partial charge in [-0.25, -0.2) is 14.8 Å². The molecule has 214 valence electrons. The van der Waals surface area contributed by atoms with Crippen LogP contribution < -0.4 is 0 Å². The zero-order chi connectivity index (χ0) is 29.7. The van der Waals surface area contributed by atoms with E-state index in [2.05, 4.69) is 9.97 Å². The van der Waals surface area contributed by atoms with Gasteiger partial charge in [0.2, 0.25) is 0 Å². The molecule has 2 amide bonds. The number of nitro groups is 1. The summed E-state index contributed by atoms with van der Waals surface area (Å²) in [6.45, 7) is 4.00. The summed E-state index contributed by atoms with van der Waals surface area (Å²) < 4.78 is 10.3. The van der Waals surface area contributed by atoms with Crippen LogP contribution in [0.1, 0.15) is 43.8 Å². The van der Waals surface area contributed by atoms with Crippen molar-refractivity contribution >= 4 is 35.1 Å². The molecular formula is C28H28ClN5O7. The molecule has 0 spiro atoms. The Morgan fingerprint density at radius 2 is 1.80 bits per heavy atom. The number of hydrogen-bond donors (Lipinski definition) is 0. The molecule has 1 atom stereocenters. The van der Waals surface area contributed by atoms with Crippen molar-refractivity contribution in [2.75, 3.05) is 40.0 Å². The largest absolute Gasteiger partial charge is 0.460 e. The summed E-state index contributed by atoms with van der Waals surface area (Å²) in [6, 6.07) is 12.5. The molecule has 0 N–H and O–H groups in total. The zero-order valence-electron chi connectivity index (χ0n) is 22.7. The fourth-order valence-corrected chi connectivity index (χ4v) is 4.71. The number of methoxy groups -OCH3 is 1. The molecular weight excluding hydrogens is 554 g/mol. The van der Waals surface area contributed by atoms with E-state index in [1.165, 1.54) is 29.0 Å². The van der Waals surface area contributed by atoms with Gasteiger partial charge < -0.3 is 19.3 Å². The average Bonchev–Trinajstić information content (AvgIpc) is 2.96. The van der Waals surface area contributed by atoms with E-state index in [0.717, 1.165) is 6.07 Å². The molecule has 1 saturated heterocycles. The predicted octanol–water partition coefficient (Wildman–Crippen LogP) is 3.80. The van der Waals surface area contributed by atoms with Crippen LogP contribution in [0.3, 0.4) is 0 Å². The van der Waals surface area contributed by atoms with Crippen LogP contribution in [0.4, 0.5) is 5.69 Å². The predicted molar refractivity (Wildman–Crippen MR) is 149 cm³/mol. The molecule has 41 heavy (non-hydrogen) atoms. The Hall–Kier alpha value is -4.42. The smallest absolute Gasteiger partial charge is 0.342 e. The van der Waals surface area contributed by atoms with Crippen LogP contribution in [0.2, 0.25) is 5.02 Å². The number of ether oxygens (including phenoxy) is 2. The third-order valence-electron chi connectivity index (χ3n) is 6.61. The van der Waals surface area contributed by atoms with Crippen LogP contribution in [0, 0.1) is 17.0 Å². The first-order valence-corrected chi connectivity index (χ1v) is 13.1. The lowest BCUT2D eigenvalue weighted by molar-refractivity contribution is -0.384. The second kappa shape index (κ2) is 12.8. The van der Waals surface area contributed by atoms with Crippen molar-refractivity contribution in [3.05, 3.63) is 86.2 Å². The highest BCUT2D eigenvalue weighted by Gasteiger charge is 2.34. The maximum Gasteiger partial charge on any atom is 0.342 e. The maximum atomic E-state index is 13.9. The summed E-state index contributed by atoms with van der Waals surface area (Å²) in [5, 5.41) is 11.2. The number of hydrogen-bond acceptors (Lipinski definition) is 9. The van der Waals surface area contributed by atoms with Crippen LogP contribution in [0.25, 0.3) is 11.4 Å². The molecule has 1 fully saturated rings. The van der Waals surface area contributed by atoms with Gasteiger partial charge >= 0.3 is 5.97 Å². The van der Waals surface area contributed by atoms with Crippen molar-refractivity contribution in [2.45, 2.75) is 19.9 Å². The Balaban J connectivity index is 1.61. The Labute approximate surface area is 241 Å². The van der Waals surface area contributed by atoms with Gasteiger partial charge in [0.05, 0.1) is 17.2 Å². The minimum atomic E-state index is -0.742. The SMILES string of the molecule is COCCOC(=O)c1c(C)nc(-c2ccccc2)nc1C(=O)N1CCN(C(=O)c2ccc(Cl)c([N+](=O)[O-])c2)C(C)C1. The first-order chi connectivity index (χ1) is 19.6. The summed E-state index contributed by atoms with van der Waals surface area (Å²) in [4.78, 5) is 62.7. The molecule has 1 aliphatic rings. The van der Waals surface area contributed by atoms with E-state index in [1.807, 2.05) is 18.2 Å². The molecule has 1 aliphatic heterocycles. The van der Waals surface area contributed by atoms with Crippen molar-refractivity contribution in [1.82, 2.24) is 19.8 Å². The zero-order valence-corrected chi connectivity index (χ0v) is 23.5. The number of piperazine rings is 1. The molecule has 12 nitrogen and oxygen atoms in total. The maximum absolute atomic E-state index is 13.9. The highest BCUT2D eigenvalue weighted by Crippen LogP contribution is 2.27. The van der Waals surface area contributed by atoms with Gasteiger partial charge in [-0.1, -0.05) is 41.9 Å². The highest BCUT2D eigenvalue weighted by atomic mass is 35.5. The van der Waals surface area contributed by atoms with Crippen LogP contribution in [0.15, 0.2) is 48.5 Å². The normalized spacial score (nSPS) is 15.0. The minimum Gasteiger partial charge on any atom is -0.460 e. The second-order valence-electron chi connectivity index (χ2n) is 9.37. The van der Waals surface area contributed by atoms with Gasteiger partial charge in [0.25, 0.3) is 17.5 Å². The molecule has 0 saturated carbocycles. The number of aryl methyl sites for hydroxylation is 1. The van der Waals surface area contributed by atoms with Gasteiger partial charge in [0, 0.05) is 50.0 Å². The Bertz CT molecular complexity index is 1480. The van der Waals surface area contributed by atoms with E-state index >= 15 is 0 Å². The second-order valence-corrected chi connectivity index (χ2v) is 9.78. The number of amides is 2. The lowest BCUT2D eigenvalue weighted by Crippen LogP contribution is -2.55. The summed E-state index contributed by atoms with van der Waals surface area (Å²) in [6.07, 6.45) is 0. The van der Waals surface area contributed by atoms with Gasteiger partial charge in [-0.3, -0.25) is 19.7 Å². The number of rotatable bonds is 8. The number of aromatic nitrogens is 2. The van der Waals surface area contributed by atoms with Gasteiger partial charge in [-0.15, -0.1) is 0 Å². The first kappa shape index (κ1) is 29.6. The monoisotopic (exact) mass is 581 g/mol. The number of carbonyl (C=O) groups is 3. The molecule has 0 radical (unpaired) electrons. The topological polar surface area (TPSA) is 145 Å². The first-order valence-electron chi connectivity index (χ1n) is 12.8. The molecule has 4 rings (SSSR count). The molecule has 1 aromatic heterocycles. The van der Waals surface area contributed by atoms with Gasteiger partial charge in [0.15, 0.2) is 5.82 Å². The molecule has 2 aromatic carbocycles. The molecule has 0 bridgehead atoms. The lowest BCUT2D eigenvalue weighted by atomic mass is 10.1. The van der Waals surface area contributed by atoms with E-state index in [4.69, 9.17) is 21.1 Å². The van der Waals surface area contributed by atoms with Crippen molar-refractivity contribution in [3.8, 4) is 11.4 Å². The molecule has 2 heterocycles. The lowest BCUT2D eigenvalue weighted by Gasteiger charge is -2.40. The Kier molecular flexibility index (Phi) is 9.25. The van der Waals surface area contributed by atoms with Gasteiger partial charge in [-0.05, 0) is 26.0 Å². The molecule has 3 aromatic rings. The van der Waals surface area contributed by atoms with Crippen LogP contribution in [0.5, 0.6) is 0 Å². The van der Waals surface area contributed by atoms with E-state index in [-0.39, 0.29) is 71.9 Å². The van der Waals surface area contributed by atoms with Gasteiger partial charge in [-0.2, -0.15) is 0 Å². The van der Waals surface area contributed by atoms with Crippen molar-refractivity contribution < 1.29 is 28.8 Å². The summed E-state index contributed by atoms with van der Waals surface area (Å²) >= 11 is 5.89. The van der Waals surface area contributed by atoms with E-state index in [0.29, 0.717) is 5.56 Å². The van der Waals surface area contributed by atoms with E-state index in [9.17, 15) is 24.5 Å². The highest BCUT2D eigenvalue weighted by molar-refractivity contribution is 6.32. The number of nitro benzene ring substituents is 1. The quantitative estimate of drug-likeness (QED) is 0.168. The molecule has 13 heteroatoms. The van der Waals surface area contributed by atoms with Crippen molar-refractivity contribution in [2.24, 2.45) is 0 Å². The number of carbonyl (C=O) groups excluding carboxylic acids is 3. The number of benzene rings is 2. The number of halogens is 1. The Morgan fingerprint density at radius 3 is 2.46 bits per heavy atom. The van der Waals surface area contributed by atoms with Crippen molar-refractivity contribution in [3.63, 3.8) is 0 Å². The summed E-state index contributed by atoms with van der Waals surface area (Å²) in [5.41, 5.74) is 0.579. The molecule has 1 unspecified atom stereocenters. The third-order valence-corrected chi connectivity index (χ3v) is 6.93. The minimum absolute atomic E-state index is 0.0104. The number of nitrogens with zero attached hydrogens (tertiary/aromatic N) is 5. The standard InChI is InChI=1S/C28H28ClN5O7/c1-17-16-32(11-12-33(17)26(35)20-9-10-21(29)22(15-20)34(38)39)27(36)24-23(28(37)41-14-13-40-3)18(2)30-25(31-24)19-7-5-4-6-8-19/h4-10,15,17H,11-14,16H2,1-3H3. The van der Waals surface area contributed by atoms with Gasteiger partial charge in [0.1, 0.15) is 22.9 Å². The van der Waals surface area contributed by atoms with Crippen LogP contribution in [-0.2, 0) is 9.47 Å².